The van der Waals surface area contributed by atoms with E-state index in [1.807, 2.05) is 0 Å². The van der Waals surface area contributed by atoms with Gasteiger partial charge in [0.2, 0.25) is 0 Å². The van der Waals surface area contributed by atoms with Gasteiger partial charge in [0.25, 0.3) is 0 Å². The van der Waals surface area contributed by atoms with Crippen molar-refractivity contribution in [3.63, 3.8) is 0 Å². The summed E-state index contributed by atoms with van der Waals surface area (Å²) in [6.07, 6.45) is 0. The molecule has 13 heavy (non-hydrogen) atoms. The van der Waals surface area contributed by atoms with E-state index in [9.17, 15) is 9.59 Å². The number of benzene rings is 1. The second-order valence-corrected chi connectivity index (χ2v) is 2.26. The van der Waals surface area contributed by atoms with Crippen LogP contribution in [0.5, 0.6) is 0 Å². The first-order chi connectivity index (χ1) is 6.15. The molecule has 68 valence electrons. The lowest BCUT2D eigenvalue weighted by molar-refractivity contribution is -0.182. The van der Waals surface area contributed by atoms with E-state index in [4.69, 9.17) is 10.4 Å². The highest BCUT2D eigenvalue weighted by atomic mass is 17.1. The van der Waals surface area contributed by atoms with Gasteiger partial charge >= 0.3 is 11.9 Å². The Morgan fingerprint density at radius 3 is 2.38 bits per heavy atom. The van der Waals surface area contributed by atoms with Crippen molar-refractivity contribution in [1.82, 2.24) is 0 Å². The Hall–Kier alpha value is -1.88. The molecule has 1 aromatic carbocycles. The number of carboxylic acid groups (broad SMARTS) is 1. The van der Waals surface area contributed by atoms with E-state index in [1.54, 1.807) is 0 Å². The summed E-state index contributed by atoms with van der Waals surface area (Å²) in [5.74, 6) is -2.13. The Labute approximate surface area is 73.1 Å². The van der Waals surface area contributed by atoms with Crippen molar-refractivity contribution in [3.8, 4) is 0 Å². The van der Waals surface area contributed by atoms with Crippen LogP contribution in [-0.4, -0.2) is 22.3 Å². The second kappa shape index (κ2) is 3.68. The normalized spacial score (nSPS) is 9.31. The Morgan fingerprint density at radius 2 is 1.85 bits per heavy atom. The van der Waals surface area contributed by atoms with Gasteiger partial charge in [0.1, 0.15) is 0 Å². The minimum Gasteiger partial charge on any atom is -0.478 e. The number of rotatable bonds is 2. The average molecular weight is 182 g/mol. The first-order valence-corrected chi connectivity index (χ1v) is 3.34. The molecule has 0 atom stereocenters. The molecular weight excluding hydrogens is 176 g/mol. The molecule has 2 N–H and O–H groups in total. The minimum atomic E-state index is -1.15. The van der Waals surface area contributed by atoms with Gasteiger partial charge in [-0.2, -0.15) is 5.26 Å². The monoisotopic (exact) mass is 182 g/mol. The predicted molar refractivity (Wildman–Crippen MR) is 41.4 cm³/mol. The highest BCUT2D eigenvalue weighted by molar-refractivity contribution is 5.94. The summed E-state index contributed by atoms with van der Waals surface area (Å²) in [5.41, 5.74) is -0.0506. The third-order valence-electron chi connectivity index (χ3n) is 1.43. The fourth-order valence-electron chi connectivity index (χ4n) is 0.832. The van der Waals surface area contributed by atoms with Crippen LogP contribution in [-0.2, 0) is 4.89 Å². The first-order valence-electron chi connectivity index (χ1n) is 3.34. The SMILES string of the molecule is O=C(O)c1cccc(C(=O)OO)c1. The van der Waals surface area contributed by atoms with Gasteiger partial charge in [-0.15, -0.1) is 0 Å². The molecule has 0 radical (unpaired) electrons. The fraction of sp³-hybridized carbons (Fsp3) is 0. The fourth-order valence-corrected chi connectivity index (χ4v) is 0.832. The Morgan fingerprint density at radius 1 is 1.23 bits per heavy atom. The summed E-state index contributed by atoms with van der Waals surface area (Å²) in [4.78, 5) is 24.6. The van der Waals surface area contributed by atoms with Gasteiger partial charge in [0, 0.05) is 0 Å². The Balaban J connectivity index is 3.05. The molecule has 0 aromatic heterocycles. The molecular formula is C8H6O5. The molecule has 0 unspecified atom stereocenters. The average Bonchev–Trinajstić information content (AvgIpc) is 2.17. The van der Waals surface area contributed by atoms with Crippen LogP contribution in [0.3, 0.4) is 0 Å². The summed E-state index contributed by atoms with van der Waals surface area (Å²) in [5, 5.41) is 16.6. The lowest BCUT2D eigenvalue weighted by Crippen LogP contribution is -2.04. The van der Waals surface area contributed by atoms with Gasteiger partial charge in [-0.3, -0.25) is 4.89 Å². The molecule has 1 aromatic rings. The number of aromatic carboxylic acids is 1. The highest BCUT2D eigenvalue weighted by Gasteiger charge is 2.09. The lowest BCUT2D eigenvalue weighted by atomic mass is 10.1. The molecule has 0 aliphatic carbocycles. The maximum atomic E-state index is 10.7. The van der Waals surface area contributed by atoms with Crippen LogP contribution in [0.25, 0.3) is 0 Å². The van der Waals surface area contributed by atoms with E-state index in [1.165, 1.54) is 18.2 Å². The van der Waals surface area contributed by atoms with Crippen LogP contribution in [0.1, 0.15) is 20.7 Å². The third kappa shape index (κ3) is 2.03. The van der Waals surface area contributed by atoms with Crippen LogP contribution in [0.15, 0.2) is 24.3 Å². The highest BCUT2D eigenvalue weighted by Crippen LogP contribution is 2.06. The van der Waals surface area contributed by atoms with E-state index in [0.717, 1.165) is 6.07 Å². The molecule has 0 saturated carbocycles. The summed E-state index contributed by atoms with van der Waals surface area (Å²) in [7, 11) is 0. The van der Waals surface area contributed by atoms with Gasteiger partial charge < -0.3 is 5.11 Å². The van der Waals surface area contributed by atoms with E-state index >= 15 is 0 Å². The number of hydrogen-bond acceptors (Lipinski definition) is 4. The predicted octanol–water partition coefficient (Wildman–Crippen LogP) is 1.01. The van der Waals surface area contributed by atoms with E-state index in [-0.39, 0.29) is 11.1 Å². The van der Waals surface area contributed by atoms with E-state index < -0.39 is 11.9 Å². The molecule has 1 rings (SSSR count). The molecule has 5 heteroatoms. The molecule has 0 saturated heterocycles. The van der Waals surface area contributed by atoms with Crippen LogP contribution in [0, 0.1) is 0 Å². The van der Waals surface area contributed by atoms with E-state index in [2.05, 4.69) is 4.89 Å². The standard InChI is InChI=1S/C8H6O5/c9-7(10)5-2-1-3-6(4-5)8(11)13-12/h1-4,12H,(H,9,10). The molecule has 0 heterocycles. The van der Waals surface area contributed by atoms with Crippen molar-refractivity contribution in [3.05, 3.63) is 35.4 Å². The Kier molecular flexibility index (Phi) is 2.61. The number of hydrogen-bond donors (Lipinski definition) is 2. The van der Waals surface area contributed by atoms with Gasteiger partial charge in [0.15, 0.2) is 0 Å². The lowest BCUT2D eigenvalue weighted by Gasteiger charge is -1.97. The first kappa shape index (κ1) is 9.21. The third-order valence-corrected chi connectivity index (χ3v) is 1.43. The topological polar surface area (TPSA) is 83.8 Å². The zero-order chi connectivity index (χ0) is 9.84. The molecule has 0 amide bonds. The maximum Gasteiger partial charge on any atom is 0.372 e. The van der Waals surface area contributed by atoms with Gasteiger partial charge in [-0.05, 0) is 18.2 Å². The maximum absolute atomic E-state index is 10.7. The van der Waals surface area contributed by atoms with Crippen LogP contribution in [0.2, 0.25) is 0 Å². The zero-order valence-electron chi connectivity index (χ0n) is 6.43. The summed E-state index contributed by atoms with van der Waals surface area (Å²) in [6, 6.07) is 5.16. The summed E-state index contributed by atoms with van der Waals surface area (Å²) < 4.78 is 0. The minimum absolute atomic E-state index is 0.0117. The summed E-state index contributed by atoms with van der Waals surface area (Å²) >= 11 is 0. The number of carbonyl (C=O) groups is 2. The zero-order valence-corrected chi connectivity index (χ0v) is 6.43. The molecule has 0 bridgehead atoms. The van der Waals surface area contributed by atoms with Crippen molar-refractivity contribution in [2.24, 2.45) is 0 Å². The molecule has 0 spiro atoms. The molecule has 0 aliphatic rings. The Bertz CT molecular complexity index is 344. The summed E-state index contributed by atoms with van der Waals surface area (Å²) in [6.45, 7) is 0. The molecule has 0 aliphatic heterocycles. The van der Waals surface area contributed by atoms with Crippen molar-refractivity contribution in [2.75, 3.05) is 0 Å². The van der Waals surface area contributed by atoms with Crippen LogP contribution >= 0.6 is 0 Å². The largest absolute Gasteiger partial charge is 0.478 e. The van der Waals surface area contributed by atoms with Crippen molar-refractivity contribution < 1.29 is 24.8 Å². The van der Waals surface area contributed by atoms with Gasteiger partial charge in [-0.1, -0.05) is 6.07 Å². The van der Waals surface area contributed by atoms with Crippen molar-refractivity contribution >= 4 is 11.9 Å². The van der Waals surface area contributed by atoms with Crippen molar-refractivity contribution in [2.45, 2.75) is 0 Å². The molecule has 5 nitrogen and oxygen atoms in total. The van der Waals surface area contributed by atoms with Gasteiger partial charge in [-0.25, -0.2) is 9.59 Å². The van der Waals surface area contributed by atoms with Crippen LogP contribution in [0.4, 0.5) is 0 Å². The quantitative estimate of drug-likeness (QED) is 0.526. The number of carboxylic acids is 1. The second-order valence-electron chi connectivity index (χ2n) is 2.26. The molecule has 0 fully saturated rings. The van der Waals surface area contributed by atoms with Crippen LogP contribution < -0.4 is 0 Å². The van der Waals surface area contributed by atoms with E-state index in [0.29, 0.717) is 0 Å². The van der Waals surface area contributed by atoms with Gasteiger partial charge in [0.05, 0.1) is 11.1 Å². The van der Waals surface area contributed by atoms with Crippen molar-refractivity contribution in [1.29, 1.82) is 0 Å². The smallest absolute Gasteiger partial charge is 0.372 e. The number of carbonyl (C=O) groups excluding carboxylic acids is 1.